The predicted molar refractivity (Wildman–Crippen MR) is 83.8 cm³/mol. The molecule has 0 atom stereocenters. The predicted octanol–water partition coefficient (Wildman–Crippen LogP) is 3.88. The number of hydrogen-bond acceptors (Lipinski definition) is 4. The summed E-state index contributed by atoms with van der Waals surface area (Å²) in [6.45, 7) is -0.131. The third-order valence-corrected chi connectivity index (χ3v) is 4.58. The van der Waals surface area contributed by atoms with Crippen molar-refractivity contribution in [3.63, 3.8) is 0 Å². The highest BCUT2D eigenvalue weighted by molar-refractivity contribution is 9.10. The molecule has 9 heteroatoms. The number of rotatable bonds is 4. The minimum absolute atomic E-state index is 0.0605. The molecular weight excluding hydrogens is 397 g/mol. The van der Waals surface area contributed by atoms with Gasteiger partial charge >= 0.3 is 6.18 Å². The van der Waals surface area contributed by atoms with Crippen LogP contribution in [-0.4, -0.2) is 19.7 Å². The molecule has 1 aromatic heterocycles. The van der Waals surface area contributed by atoms with Crippen LogP contribution >= 0.6 is 15.9 Å². The van der Waals surface area contributed by atoms with Crippen LogP contribution in [0.2, 0.25) is 0 Å². The summed E-state index contributed by atoms with van der Waals surface area (Å²) < 4.78 is 63.1. The van der Waals surface area contributed by atoms with E-state index < -0.39 is 21.6 Å². The molecule has 0 aliphatic carbocycles. The highest BCUT2D eigenvalue weighted by atomic mass is 79.9. The normalized spacial score (nSPS) is 12.2. The lowest BCUT2D eigenvalue weighted by atomic mass is 10.1. The highest BCUT2D eigenvalue weighted by Gasteiger charge is 2.34. The minimum atomic E-state index is -4.65. The second-order valence-corrected chi connectivity index (χ2v) is 7.74. The molecule has 124 valence electrons. The van der Waals surface area contributed by atoms with Crippen molar-refractivity contribution in [2.75, 3.05) is 11.6 Å². The summed E-state index contributed by atoms with van der Waals surface area (Å²) in [6.07, 6.45) is -2.27. The molecule has 0 radical (unpaired) electrons. The maximum Gasteiger partial charge on any atom is 0.416 e. The van der Waals surface area contributed by atoms with Crippen LogP contribution in [0.5, 0.6) is 0 Å². The number of hydrogen-bond donors (Lipinski definition) is 1. The van der Waals surface area contributed by atoms with E-state index >= 15 is 0 Å². The standard InChI is InChI=1S/C14H12BrF3N2O2S/c1-23(21,22)11-4-2-9(12(6-11)14(16,17)18)7-19-13-5-3-10(15)8-20-13/h2-6,8H,7H2,1H3,(H,19,20). The summed E-state index contributed by atoms with van der Waals surface area (Å²) in [4.78, 5) is 3.64. The number of benzene rings is 1. The Hall–Kier alpha value is -1.61. The maximum atomic E-state index is 13.2. The maximum absolute atomic E-state index is 13.2. The van der Waals surface area contributed by atoms with E-state index in [0.717, 1.165) is 22.9 Å². The molecule has 23 heavy (non-hydrogen) atoms. The summed E-state index contributed by atoms with van der Waals surface area (Å²) >= 11 is 3.21. The zero-order valence-electron chi connectivity index (χ0n) is 11.9. The molecule has 1 aromatic carbocycles. The van der Waals surface area contributed by atoms with Gasteiger partial charge in [-0.05, 0) is 45.8 Å². The van der Waals surface area contributed by atoms with E-state index in [0.29, 0.717) is 11.9 Å². The number of alkyl halides is 3. The SMILES string of the molecule is CS(=O)(=O)c1ccc(CNc2ccc(Br)cn2)c(C(F)(F)F)c1. The van der Waals surface area contributed by atoms with Gasteiger partial charge in [0.1, 0.15) is 5.82 Å². The molecule has 0 amide bonds. The number of sulfone groups is 1. The van der Waals surface area contributed by atoms with Gasteiger partial charge in [-0.2, -0.15) is 13.2 Å². The van der Waals surface area contributed by atoms with Gasteiger partial charge in [0.05, 0.1) is 10.5 Å². The van der Waals surface area contributed by atoms with E-state index in [1.54, 1.807) is 12.1 Å². The summed E-state index contributed by atoms with van der Waals surface area (Å²) in [5, 5.41) is 2.78. The Morgan fingerprint density at radius 1 is 1.22 bits per heavy atom. The van der Waals surface area contributed by atoms with Gasteiger partial charge in [-0.3, -0.25) is 0 Å². The van der Waals surface area contributed by atoms with Gasteiger partial charge in [-0.15, -0.1) is 0 Å². The van der Waals surface area contributed by atoms with E-state index in [1.807, 2.05) is 0 Å². The topological polar surface area (TPSA) is 59.1 Å². The first kappa shape index (κ1) is 17.7. The molecule has 0 unspecified atom stereocenters. The second-order valence-electron chi connectivity index (χ2n) is 4.80. The molecule has 0 aliphatic rings. The van der Waals surface area contributed by atoms with Crippen LogP contribution in [0.1, 0.15) is 11.1 Å². The first-order valence-electron chi connectivity index (χ1n) is 6.33. The van der Waals surface area contributed by atoms with Crippen LogP contribution in [0.3, 0.4) is 0 Å². The molecule has 0 bridgehead atoms. The van der Waals surface area contributed by atoms with Crippen LogP contribution in [0.4, 0.5) is 19.0 Å². The van der Waals surface area contributed by atoms with Gasteiger partial charge in [0.15, 0.2) is 9.84 Å². The number of pyridine rings is 1. The van der Waals surface area contributed by atoms with Crippen LogP contribution < -0.4 is 5.32 Å². The van der Waals surface area contributed by atoms with Gasteiger partial charge in [0, 0.05) is 23.5 Å². The van der Waals surface area contributed by atoms with Gasteiger partial charge in [-0.1, -0.05) is 6.07 Å². The molecule has 0 saturated carbocycles. The Morgan fingerprint density at radius 2 is 1.91 bits per heavy atom. The number of nitrogens with zero attached hydrogens (tertiary/aromatic N) is 1. The van der Waals surface area contributed by atoms with Crippen molar-refractivity contribution < 1.29 is 21.6 Å². The first-order valence-corrected chi connectivity index (χ1v) is 9.01. The second kappa shape index (κ2) is 6.48. The lowest BCUT2D eigenvalue weighted by molar-refractivity contribution is -0.138. The summed E-state index contributed by atoms with van der Waals surface area (Å²) in [5.74, 6) is 0.411. The number of halogens is 4. The van der Waals surface area contributed by atoms with Crippen molar-refractivity contribution in [2.24, 2.45) is 0 Å². The first-order chi connectivity index (χ1) is 10.6. The fourth-order valence-electron chi connectivity index (χ4n) is 1.87. The quantitative estimate of drug-likeness (QED) is 0.833. The minimum Gasteiger partial charge on any atom is -0.366 e. The fourth-order valence-corrected chi connectivity index (χ4v) is 2.75. The molecule has 1 N–H and O–H groups in total. The molecule has 0 aliphatic heterocycles. The van der Waals surface area contributed by atoms with Crippen molar-refractivity contribution in [3.8, 4) is 0 Å². The van der Waals surface area contributed by atoms with Gasteiger partial charge < -0.3 is 5.32 Å². The molecule has 0 spiro atoms. The number of nitrogens with one attached hydrogen (secondary N) is 1. The fraction of sp³-hybridized carbons (Fsp3) is 0.214. The summed E-state index contributed by atoms with van der Waals surface area (Å²) in [7, 11) is -3.71. The van der Waals surface area contributed by atoms with Crippen LogP contribution in [-0.2, 0) is 22.6 Å². The van der Waals surface area contributed by atoms with Gasteiger partial charge in [0.2, 0.25) is 0 Å². The lowest BCUT2D eigenvalue weighted by Crippen LogP contribution is -2.13. The molecular formula is C14H12BrF3N2O2S. The van der Waals surface area contributed by atoms with Crippen molar-refractivity contribution in [2.45, 2.75) is 17.6 Å². The number of aromatic nitrogens is 1. The molecule has 0 fully saturated rings. The summed E-state index contributed by atoms with van der Waals surface area (Å²) in [5.41, 5.74) is -1.04. The van der Waals surface area contributed by atoms with Crippen LogP contribution in [0.15, 0.2) is 45.9 Å². The Balaban J connectivity index is 2.32. The zero-order chi connectivity index (χ0) is 17.3. The Morgan fingerprint density at radius 3 is 2.43 bits per heavy atom. The van der Waals surface area contributed by atoms with E-state index in [9.17, 15) is 21.6 Å². The zero-order valence-corrected chi connectivity index (χ0v) is 14.3. The smallest absolute Gasteiger partial charge is 0.366 e. The molecule has 0 saturated heterocycles. The monoisotopic (exact) mass is 408 g/mol. The highest BCUT2D eigenvalue weighted by Crippen LogP contribution is 2.34. The largest absolute Gasteiger partial charge is 0.416 e. The van der Waals surface area contributed by atoms with Crippen molar-refractivity contribution in [1.82, 2.24) is 4.98 Å². The molecule has 2 rings (SSSR count). The van der Waals surface area contributed by atoms with Crippen LogP contribution in [0, 0.1) is 0 Å². The molecule has 2 aromatic rings. The Bertz CT molecular complexity index is 806. The van der Waals surface area contributed by atoms with Crippen molar-refractivity contribution in [1.29, 1.82) is 0 Å². The van der Waals surface area contributed by atoms with Crippen LogP contribution in [0.25, 0.3) is 0 Å². The van der Waals surface area contributed by atoms with Crippen molar-refractivity contribution in [3.05, 3.63) is 52.1 Å². The third-order valence-electron chi connectivity index (χ3n) is 3.00. The van der Waals surface area contributed by atoms with E-state index in [1.165, 1.54) is 6.20 Å². The van der Waals surface area contributed by atoms with Gasteiger partial charge in [0.25, 0.3) is 0 Å². The van der Waals surface area contributed by atoms with E-state index in [4.69, 9.17) is 0 Å². The van der Waals surface area contributed by atoms with E-state index in [-0.39, 0.29) is 17.0 Å². The Labute approximate surface area is 139 Å². The summed E-state index contributed by atoms with van der Waals surface area (Å²) in [6, 6.07) is 6.29. The van der Waals surface area contributed by atoms with Crippen molar-refractivity contribution >= 4 is 31.6 Å². The molecule has 4 nitrogen and oxygen atoms in total. The third kappa shape index (κ3) is 4.68. The Kier molecular flexibility index (Phi) is 5.00. The average Bonchev–Trinajstić information content (AvgIpc) is 2.44. The molecule has 1 heterocycles. The average molecular weight is 409 g/mol. The number of anilines is 1. The lowest BCUT2D eigenvalue weighted by Gasteiger charge is -2.15. The van der Waals surface area contributed by atoms with E-state index in [2.05, 4.69) is 26.2 Å². The van der Waals surface area contributed by atoms with Gasteiger partial charge in [-0.25, -0.2) is 13.4 Å².